The number of hydrogen-bond donors (Lipinski definition) is 1. The smallest absolute Gasteiger partial charge is 0.127 e. The molecule has 1 unspecified atom stereocenters. The zero-order valence-electron chi connectivity index (χ0n) is 11.9. The van der Waals surface area contributed by atoms with E-state index < -0.39 is 0 Å². The zero-order valence-corrected chi connectivity index (χ0v) is 14.8. The first-order valence-electron chi connectivity index (χ1n) is 7.03. The van der Waals surface area contributed by atoms with Crippen LogP contribution < -0.4 is 5.32 Å². The molecule has 0 amide bonds. The van der Waals surface area contributed by atoms with Gasteiger partial charge in [-0.05, 0) is 71.3 Å². The van der Waals surface area contributed by atoms with Gasteiger partial charge in [0.05, 0.1) is 0 Å². The van der Waals surface area contributed by atoms with Crippen molar-refractivity contribution in [2.24, 2.45) is 0 Å². The lowest BCUT2D eigenvalue weighted by molar-refractivity contribution is 0.511. The molecule has 0 heterocycles. The summed E-state index contributed by atoms with van der Waals surface area (Å²) in [5.41, 5.74) is 1.90. The Kier molecular flexibility index (Phi) is 6.45. The van der Waals surface area contributed by atoms with Crippen molar-refractivity contribution in [3.63, 3.8) is 0 Å². The molecule has 0 fully saturated rings. The Morgan fingerprint density at radius 3 is 2.67 bits per heavy atom. The van der Waals surface area contributed by atoms with Gasteiger partial charge in [-0.25, -0.2) is 4.39 Å². The molecule has 0 saturated heterocycles. The molecule has 0 radical (unpaired) electrons. The van der Waals surface area contributed by atoms with Crippen molar-refractivity contribution >= 4 is 34.2 Å². The van der Waals surface area contributed by atoms with Crippen molar-refractivity contribution in [1.82, 2.24) is 5.32 Å². The van der Waals surface area contributed by atoms with Gasteiger partial charge in [0.2, 0.25) is 0 Å². The Labute approximate surface area is 144 Å². The lowest BCUT2D eigenvalue weighted by Crippen LogP contribution is -2.25. The van der Waals surface area contributed by atoms with Crippen LogP contribution in [-0.4, -0.2) is 6.54 Å². The minimum absolute atomic E-state index is 0.105. The maximum absolute atomic E-state index is 14.0. The third-order valence-corrected chi connectivity index (χ3v) is 4.58. The van der Waals surface area contributed by atoms with Crippen molar-refractivity contribution in [1.29, 1.82) is 0 Å². The Balaban J connectivity index is 2.26. The van der Waals surface area contributed by atoms with E-state index in [1.54, 1.807) is 12.1 Å². The number of nitrogens with one attached hydrogen (secondary N) is 1. The molecule has 0 bridgehead atoms. The summed E-state index contributed by atoms with van der Waals surface area (Å²) in [5, 5.41) is 3.95. The Morgan fingerprint density at radius 1 is 1.24 bits per heavy atom. The van der Waals surface area contributed by atoms with Crippen LogP contribution in [0.5, 0.6) is 0 Å². The van der Waals surface area contributed by atoms with Crippen LogP contribution in [0, 0.1) is 9.39 Å². The SMILES string of the molecule is CCCNC(Cc1ccc(Cl)cc1F)c1ccccc1I. The first-order chi connectivity index (χ1) is 10.1. The van der Waals surface area contributed by atoms with E-state index in [9.17, 15) is 4.39 Å². The summed E-state index contributed by atoms with van der Waals surface area (Å²) in [6, 6.07) is 13.2. The van der Waals surface area contributed by atoms with E-state index in [-0.39, 0.29) is 11.9 Å². The summed E-state index contributed by atoms with van der Waals surface area (Å²) in [6.07, 6.45) is 1.66. The third kappa shape index (κ3) is 4.66. The van der Waals surface area contributed by atoms with Gasteiger partial charge in [0.15, 0.2) is 0 Å². The minimum Gasteiger partial charge on any atom is -0.310 e. The highest BCUT2D eigenvalue weighted by atomic mass is 127. The van der Waals surface area contributed by atoms with E-state index in [0.717, 1.165) is 13.0 Å². The van der Waals surface area contributed by atoms with Crippen LogP contribution >= 0.6 is 34.2 Å². The van der Waals surface area contributed by atoms with Crippen LogP contribution in [0.1, 0.15) is 30.5 Å². The van der Waals surface area contributed by atoms with Crippen LogP contribution in [0.2, 0.25) is 5.02 Å². The third-order valence-electron chi connectivity index (χ3n) is 3.36. The van der Waals surface area contributed by atoms with Crippen LogP contribution in [0.15, 0.2) is 42.5 Å². The molecule has 0 aromatic heterocycles. The maximum Gasteiger partial charge on any atom is 0.127 e. The van der Waals surface area contributed by atoms with E-state index in [2.05, 4.69) is 47.0 Å². The molecule has 2 aromatic rings. The van der Waals surface area contributed by atoms with Gasteiger partial charge in [0.1, 0.15) is 5.82 Å². The lowest BCUT2D eigenvalue weighted by Gasteiger charge is -2.21. The molecule has 0 aliphatic rings. The topological polar surface area (TPSA) is 12.0 Å². The molecule has 112 valence electrons. The molecule has 0 spiro atoms. The van der Waals surface area contributed by atoms with E-state index in [4.69, 9.17) is 11.6 Å². The molecular formula is C17H18ClFIN. The molecule has 2 aromatic carbocycles. The summed E-state index contributed by atoms with van der Waals surface area (Å²) < 4.78 is 15.2. The second-order valence-electron chi connectivity index (χ2n) is 4.97. The molecule has 1 atom stereocenters. The van der Waals surface area contributed by atoms with Crippen LogP contribution in [0.3, 0.4) is 0 Å². The van der Waals surface area contributed by atoms with Crippen molar-refractivity contribution in [3.8, 4) is 0 Å². The predicted molar refractivity (Wildman–Crippen MR) is 95.3 cm³/mol. The molecule has 1 N–H and O–H groups in total. The summed E-state index contributed by atoms with van der Waals surface area (Å²) in [6.45, 7) is 3.04. The van der Waals surface area contributed by atoms with Gasteiger partial charge < -0.3 is 5.32 Å². The van der Waals surface area contributed by atoms with Crippen LogP contribution in [-0.2, 0) is 6.42 Å². The fourth-order valence-electron chi connectivity index (χ4n) is 2.28. The second-order valence-corrected chi connectivity index (χ2v) is 6.57. The molecule has 2 rings (SSSR count). The van der Waals surface area contributed by atoms with Gasteiger partial charge in [-0.15, -0.1) is 0 Å². The van der Waals surface area contributed by atoms with Crippen molar-refractivity contribution in [2.45, 2.75) is 25.8 Å². The number of halogens is 3. The van der Waals surface area contributed by atoms with Gasteiger partial charge in [0.25, 0.3) is 0 Å². The van der Waals surface area contributed by atoms with Gasteiger partial charge >= 0.3 is 0 Å². The highest BCUT2D eigenvalue weighted by Crippen LogP contribution is 2.25. The summed E-state index contributed by atoms with van der Waals surface area (Å²) in [7, 11) is 0. The molecule has 4 heteroatoms. The standard InChI is InChI=1S/C17H18ClFIN/c1-2-9-21-17(14-5-3-4-6-16(14)20)10-12-7-8-13(18)11-15(12)19/h3-8,11,17,21H,2,9-10H2,1H3. The number of rotatable bonds is 6. The van der Waals surface area contributed by atoms with Crippen LogP contribution in [0.25, 0.3) is 0 Å². The van der Waals surface area contributed by atoms with Crippen molar-refractivity contribution in [3.05, 3.63) is 68.0 Å². The average molecular weight is 418 g/mol. The molecular weight excluding hydrogens is 400 g/mol. The predicted octanol–water partition coefficient (Wildman–Crippen LogP) is 5.37. The first kappa shape index (κ1) is 16.7. The van der Waals surface area contributed by atoms with E-state index in [0.29, 0.717) is 17.0 Å². The van der Waals surface area contributed by atoms with Crippen LogP contribution in [0.4, 0.5) is 4.39 Å². The van der Waals surface area contributed by atoms with Crippen molar-refractivity contribution < 1.29 is 4.39 Å². The van der Waals surface area contributed by atoms with Gasteiger partial charge in [-0.3, -0.25) is 0 Å². The van der Waals surface area contributed by atoms with Crippen molar-refractivity contribution in [2.75, 3.05) is 6.54 Å². The summed E-state index contributed by atoms with van der Waals surface area (Å²) in [5.74, 6) is -0.239. The zero-order chi connectivity index (χ0) is 15.2. The van der Waals surface area contributed by atoms with E-state index in [1.807, 2.05) is 12.1 Å². The van der Waals surface area contributed by atoms with E-state index >= 15 is 0 Å². The summed E-state index contributed by atoms with van der Waals surface area (Å²) in [4.78, 5) is 0. The highest BCUT2D eigenvalue weighted by molar-refractivity contribution is 14.1. The number of benzene rings is 2. The Hall–Kier alpha value is -0.650. The molecule has 0 aliphatic heterocycles. The van der Waals surface area contributed by atoms with Gasteiger partial charge in [-0.2, -0.15) is 0 Å². The fourth-order valence-corrected chi connectivity index (χ4v) is 3.20. The van der Waals surface area contributed by atoms with Gasteiger partial charge in [0, 0.05) is 14.6 Å². The molecule has 0 aliphatic carbocycles. The number of hydrogen-bond acceptors (Lipinski definition) is 1. The second kappa shape index (κ2) is 8.11. The monoisotopic (exact) mass is 417 g/mol. The Bertz CT molecular complexity index is 603. The van der Waals surface area contributed by atoms with E-state index in [1.165, 1.54) is 15.2 Å². The maximum atomic E-state index is 14.0. The van der Waals surface area contributed by atoms with Gasteiger partial charge in [-0.1, -0.05) is 42.8 Å². The largest absolute Gasteiger partial charge is 0.310 e. The fraction of sp³-hybridized carbons (Fsp3) is 0.294. The average Bonchev–Trinajstić information content (AvgIpc) is 2.46. The molecule has 1 nitrogen and oxygen atoms in total. The summed E-state index contributed by atoms with van der Waals surface area (Å²) >= 11 is 8.15. The lowest BCUT2D eigenvalue weighted by atomic mass is 9.98. The normalized spacial score (nSPS) is 12.4. The highest BCUT2D eigenvalue weighted by Gasteiger charge is 2.16. The quantitative estimate of drug-likeness (QED) is 0.623. The molecule has 21 heavy (non-hydrogen) atoms. The molecule has 0 saturated carbocycles. The Morgan fingerprint density at radius 2 is 2.00 bits per heavy atom. The minimum atomic E-state index is -0.239. The first-order valence-corrected chi connectivity index (χ1v) is 8.49.